The van der Waals surface area contributed by atoms with Crippen LogP contribution in [0.5, 0.6) is 0 Å². The molecule has 27 heavy (non-hydrogen) atoms. The summed E-state index contributed by atoms with van der Waals surface area (Å²) in [6.07, 6.45) is 8.06. The molecule has 0 spiro atoms. The van der Waals surface area contributed by atoms with Crippen LogP contribution in [0.25, 0.3) is 0 Å². The standard InChI is InChI=1S/C15H17NO4.C6H13N/c17-14(16-8-3-6-12(16)15(18)19)13-11-5-2-1-4-10(11)7-9-20-13;7-6-4-2-1-3-5-6/h1-2,4-5,12-13H,3,6-9H2,(H,18,19);6H,1-5,7H2/t12-,13?;/m0./s1. The van der Waals surface area contributed by atoms with E-state index in [1.165, 1.54) is 37.0 Å². The number of amides is 1. The highest BCUT2D eigenvalue weighted by molar-refractivity contribution is 5.88. The number of aliphatic carboxylic acids is 1. The van der Waals surface area contributed by atoms with Gasteiger partial charge in [0.25, 0.3) is 5.91 Å². The van der Waals surface area contributed by atoms with Crippen molar-refractivity contribution < 1.29 is 19.4 Å². The van der Waals surface area contributed by atoms with Gasteiger partial charge in [-0.2, -0.15) is 0 Å². The summed E-state index contributed by atoms with van der Waals surface area (Å²) in [5, 5.41) is 9.19. The second-order valence-corrected chi connectivity index (χ2v) is 7.63. The summed E-state index contributed by atoms with van der Waals surface area (Å²) in [6, 6.07) is 7.54. The van der Waals surface area contributed by atoms with E-state index in [-0.39, 0.29) is 5.91 Å². The number of fused-ring (bicyclic) bond motifs is 1. The van der Waals surface area contributed by atoms with Gasteiger partial charge in [-0.15, -0.1) is 0 Å². The maximum absolute atomic E-state index is 12.6. The molecule has 0 bridgehead atoms. The van der Waals surface area contributed by atoms with Crippen molar-refractivity contribution in [1.29, 1.82) is 0 Å². The lowest BCUT2D eigenvalue weighted by Crippen LogP contribution is -2.44. The molecule has 2 fully saturated rings. The molecule has 4 rings (SSSR count). The molecule has 1 aromatic rings. The monoisotopic (exact) mass is 374 g/mol. The lowest BCUT2D eigenvalue weighted by Gasteiger charge is -2.30. The van der Waals surface area contributed by atoms with E-state index < -0.39 is 18.1 Å². The molecule has 2 atom stereocenters. The first-order chi connectivity index (χ1) is 13.1. The van der Waals surface area contributed by atoms with Crippen molar-refractivity contribution in [2.24, 2.45) is 5.73 Å². The highest BCUT2D eigenvalue weighted by Crippen LogP contribution is 2.31. The Balaban J connectivity index is 0.000000253. The Morgan fingerprint density at radius 3 is 2.48 bits per heavy atom. The van der Waals surface area contributed by atoms with Crippen molar-refractivity contribution in [2.75, 3.05) is 13.2 Å². The lowest BCUT2D eigenvalue weighted by molar-refractivity contribution is -0.154. The van der Waals surface area contributed by atoms with Crippen LogP contribution >= 0.6 is 0 Å². The van der Waals surface area contributed by atoms with Crippen molar-refractivity contribution in [1.82, 2.24) is 4.90 Å². The summed E-state index contributed by atoms with van der Waals surface area (Å²) in [5.41, 5.74) is 7.62. The fraction of sp³-hybridized carbons (Fsp3) is 0.619. The van der Waals surface area contributed by atoms with E-state index in [1.807, 2.05) is 24.3 Å². The first-order valence-corrected chi connectivity index (χ1v) is 10.1. The van der Waals surface area contributed by atoms with Gasteiger partial charge < -0.3 is 20.5 Å². The maximum Gasteiger partial charge on any atom is 0.326 e. The topological polar surface area (TPSA) is 92.9 Å². The molecule has 1 saturated carbocycles. The number of benzene rings is 1. The van der Waals surface area contributed by atoms with Gasteiger partial charge in [-0.1, -0.05) is 43.5 Å². The number of nitrogens with two attached hydrogens (primary N) is 1. The normalized spacial score (nSPS) is 25.3. The van der Waals surface area contributed by atoms with E-state index in [0.717, 1.165) is 24.0 Å². The highest BCUT2D eigenvalue weighted by atomic mass is 16.5. The number of hydrogen-bond acceptors (Lipinski definition) is 4. The quantitative estimate of drug-likeness (QED) is 0.830. The Morgan fingerprint density at radius 2 is 1.81 bits per heavy atom. The van der Waals surface area contributed by atoms with Crippen LogP contribution in [-0.4, -0.2) is 47.1 Å². The largest absolute Gasteiger partial charge is 0.480 e. The number of nitrogens with zero attached hydrogens (tertiary/aromatic N) is 1. The molecule has 148 valence electrons. The van der Waals surface area contributed by atoms with Gasteiger partial charge in [0.05, 0.1) is 6.61 Å². The molecule has 1 aromatic carbocycles. The van der Waals surface area contributed by atoms with Gasteiger partial charge in [-0.05, 0) is 43.2 Å². The average Bonchev–Trinajstić information content (AvgIpc) is 3.18. The molecule has 3 N–H and O–H groups in total. The third-order valence-corrected chi connectivity index (χ3v) is 5.69. The molecule has 1 unspecified atom stereocenters. The van der Waals surface area contributed by atoms with E-state index in [1.54, 1.807) is 0 Å². The Labute approximate surface area is 160 Å². The Bertz CT molecular complexity index is 657. The lowest BCUT2D eigenvalue weighted by atomic mass is 9.96. The number of carboxylic acids is 1. The number of carbonyl (C=O) groups excluding carboxylic acids is 1. The summed E-state index contributed by atoms with van der Waals surface area (Å²) in [6.45, 7) is 0.997. The smallest absolute Gasteiger partial charge is 0.326 e. The van der Waals surface area contributed by atoms with Crippen LogP contribution in [0, 0.1) is 0 Å². The van der Waals surface area contributed by atoms with Gasteiger partial charge in [0.2, 0.25) is 0 Å². The molecule has 1 aliphatic carbocycles. The van der Waals surface area contributed by atoms with Gasteiger partial charge in [0, 0.05) is 12.6 Å². The molecule has 2 heterocycles. The van der Waals surface area contributed by atoms with Crippen LogP contribution < -0.4 is 5.73 Å². The second kappa shape index (κ2) is 9.33. The highest BCUT2D eigenvalue weighted by Gasteiger charge is 2.39. The first-order valence-electron chi connectivity index (χ1n) is 10.1. The maximum atomic E-state index is 12.6. The first kappa shape index (κ1) is 19.8. The molecule has 1 amide bonds. The zero-order valence-corrected chi connectivity index (χ0v) is 15.8. The van der Waals surface area contributed by atoms with Crippen molar-refractivity contribution in [3.8, 4) is 0 Å². The van der Waals surface area contributed by atoms with E-state index in [9.17, 15) is 14.7 Å². The molecule has 3 aliphatic rings. The summed E-state index contributed by atoms with van der Waals surface area (Å²) in [4.78, 5) is 25.3. The number of likely N-dealkylation sites (tertiary alicyclic amines) is 1. The zero-order valence-electron chi connectivity index (χ0n) is 15.8. The zero-order chi connectivity index (χ0) is 19.2. The predicted octanol–water partition coefficient (Wildman–Crippen LogP) is 2.65. The molecule has 0 radical (unpaired) electrons. The number of hydrogen-bond donors (Lipinski definition) is 2. The van der Waals surface area contributed by atoms with Gasteiger partial charge in [0.1, 0.15) is 6.04 Å². The SMILES string of the molecule is NC1CCCCC1.O=C(O)[C@@H]1CCCN1C(=O)C1OCCc2ccccc21. The molecule has 2 aliphatic heterocycles. The van der Waals surface area contributed by atoms with E-state index in [0.29, 0.717) is 25.6 Å². The third kappa shape index (κ3) is 4.87. The van der Waals surface area contributed by atoms with Crippen LogP contribution in [0.15, 0.2) is 24.3 Å². The van der Waals surface area contributed by atoms with Crippen LogP contribution in [0.3, 0.4) is 0 Å². The molecular formula is C21H30N2O4. The number of carbonyl (C=O) groups is 2. The van der Waals surface area contributed by atoms with Crippen LogP contribution in [0.2, 0.25) is 0 Å². The molecule has 6 heteroatoms. The fourth-order valence-electron chi connectivity index (χ4n) is 4.17. The number of carboxylic acid groups (broad SMARTS) is 1. The molecular weight excluding hydrogens is 344 g/mol. The summed E-state index contributed by atoms with van der Waals surface area (Å²) in [7, 11) is 0. The summed E-state index contributed by atoms with van der Waals surface area (Å²) >= 11 is 0. The van der Waals surface area contributed by atoms with E-state index in [4.69, 9.17) is 10.5 Å². The second-order valence-electron chi connectivity index (χ2n) is 7.63. The molecule has 6 nitrogen and oxygen atoms in total. The van der Waals surface area contributed by atoms with Crippen LogP contribution in [0.4, 0.5) is 0 Å². The average molecular weight is 374 g/mol. The number of rotatable bonds is 2. The van der Waals surface area contributed by atoms with Gasteiger partial charge in [-0.3, -0.25) is 4.79 Å². The molecule has 1 saturated heterocycles. The minimum Gasteiger partial charge on any atom is -0.480 e. The third-order valence-electron chi connectivity index (χ3n) is 5.69. The van der Waals surface area contributed by atoms with E-state index in [2.05, 4.69) is 0 Å². The van der Waals surface area contributed by atoms with Gasteiger partial charge >= 0.3 is 5.97 Å². The van der Waals surface area contributed by atoms with Gasteiger partial charge in [-0.25, -0.2) is 4.79 Å². The van der Waals surface area contributed by atoms with Crippen molar-refractivity contribution in [3.05, 3.63) is 35.4 Å². The Kier molecular flexibility index (Phi) is 6.85. The number of ether oxygens (including phenoxy) is 1. The Morgan fingerprint density at radius 1 is 1.07 bits per heavy atom. The van der Waals surface area contributed by atoms with Crippen LogP contribution in [0.1, 0.15) is 62.2 Å². The minimum absolute atomic E-state index is 0.220. The summed E-state index contributed by atoms with van der Waals surface area (Å²) in [5.74, 6) is -1.15. The Hall–Kier alpha value is -1.92. The van der Waals surface area contributed by atoms with Crippen molar-refractivity contribution >= 4 is 11.9 Å². The van der Waals surface area contributed by atoms with Crippen molar-refractivity contribution in [2.45, 2.75) is 69.6 Å². The predicted molar refractivity (Wildman–Crippen MR) is 102 cm³/mol. The molecule has 0 aromatic heterocycles. The van der Waals surface area contributed by atoms with Gasteiger partial charge in [0.15, 0.2) is 6.10 Å². The fourth-order valence-corrected chi connectivity index (χ4v) is 4.17. The van der Waals surface area contributed by atoms with E-state index >= 15 is 0 Å². The summed E-state index contributed by atoms with van der Waals surface area (Å²) < 4.78 is 5.62. The van der Waals surface area contributed by atoms with Crippen molar-refractivity contribution in [3.63, 3.8) is 0 Å². The minimum atomic E-state index is -0.931. The van der Waals surface area contributed by atoms with Crippen LogP contribution in [-0.2, 0) is 20.7 Å².